The SMILES string of the molecule is Cc1cc(C(=O)CN2CCN(S(=O)(=O)c3cccc([N+](=O)[O-])c3)CC2)c(C)n1C1CCCC1. The molecular formula is C23H30N4O5S. The van der Waals surface area contributed by atoms with Crippen molar-refractivity contribution in [2.75, 3.05) is 32.7 Å². The number of benzene rings is 1. The first-order valence-electron chi connectivity index (χ1n) is 11.4. The molecule has 0 unspecified atom stereocenters. The molecular weight excluding hydrogens is 444 g/mol. The minimum Gasteiger partial charge on any atom is -0.345 e. The lowest BCUT2D eigenvalue weighted by atomic mass is 10.1. The Bertz CT molecular complexity index is 1160. The molecule has 0 atom stereocenters. The van der Waals surface area contributed by atoms with Gasteiger partial charge in [-0.3, -0.25) is 19.8 Å². The average molecular weight is 475 g/mol. The van der Waals surface area contributed by atoms with Crippen molar-refractivity contribution in [3.05, 3.63) is 57.4 Å². The van der Waals surface area contributed by atoms with Crippen LogP contribution in [0.25, 0.3) is 0 Å². The molecule has 0 bridgehead atoms. The first-order chi connectivity index (χ1) is 15.7. The molecule has 2 aliphatic rings. The van der Waals surface area contributed by atoms with Gasteiger partial charge in [0.1, 0.15) is 0 Å². The standard InChI is InChI=1S/C23H30N4O5S/c1-17-14-22(18(2)26(17)19-6-3-4-7-19)23(28)16-24-10-12-25(13-11-24)33(31,32)21-9-5-8-20(15-21)27(29)30/h5,8-9,14-15,19H,3-4,6-7,10-13,16H2,1-2H3. The van der Waals surface area contributed by atoms with Crippen LogP contribution < -0.4 is 0 Å². The number of rotatable bonds is 7. The average Bonchev–Trinajstić information content (AvgIpc) is 3.41. The summed E-state index contributed by atoms with van der Waals surface area (Å²) in [6.45, 7) is 5.66. The zero-order chi connectivity index (χ0) is 23.8. The number of aryl methyl sites for hydroxylation is 1. The van der Waals surface area contributed by atoms with E-state index < -0.39 is 14.9 Å². The number of hydrogen-bond donors (Lipinski definition) is 0. The molecule has 10 heteroatoms. The van der Waals surface area contributed by atoms with Crippen molar-refractivity contribution in [3.63, 3.8) is 0 Å². The maximum absolute atomic E-state index is 13.1. The molecule has 1 aromatic heterocycles. The third-order valence-electron chi connectivity index (χ3n) is 6.84. The van der Waals surface area contributed by atoms with Crippen LogP contribution in [0.3, 0.4) is 0 Å². The van der Waals surface area contributed by atoms with E-state index in [2.05, 4.69) is 11.5 Å². The summed E-state index contributed by atoms with van der Waals surface area (Å²) in [5.74, 6) is 0.0577. The second-order valence-corrected chi connectivity index (χ2v) is 10.9. The van der Waals surface area contributed by atoms with Crippen LogP contribution in [0.5, 0.6) is 0 Å². The number of nitro groups is 1. The lowest BCUT2D eigenvalue weighted by molar-refractivity contribution is -0.385. The maximum Gasteiger partial charge on any atom is 0.270 e. The van der Waals surface area contributed by atoms with Gasteiger partial charge < -0.3 is 4.57 Å². The van der Waals surface area contributed by atoms with Crippen LogP contribution >= 0.6 is 0 Å². The minimum absolute atomic E-state index is 0.0577. The fraction of sp³-hybridized carbons (Fsp3) is 0.522. The van der Waals surface area contributed by atoms with E-state index in [0.29, 0.717) is 19.1 Å². The molecule has 0 spiro atoms. The van der Waals surface area contributed by atoms with E-state index in [-0.39, 0.29) is 36.0 Å². The highest BCUT2D eigenvalue weighted by molar-refractivity contribution is 7.89. The van der Waals surface area contributed by atoms with Gasteiger partial charge in [0.05, 0.1) is 16.4 Å². The number of carbonyl (C=O) groups is 1. The van der Waals surface area contributed by atoms with Gasteiger partial charge in [0.25, 0.3) is 5.69 Å². The lowest BCUT2D eigenvalue weighted by Gasteiger charge is -2.33. The van der Waals surface area contributed by atoms with Crippen molar-refractivity contribution in [1.29, 1.82) is 0 Å². The van der Waals surface area contributed by atoms with E-state index in [0.717, 1.165) is 35.9 Å². The molecule has 9 nitrogen and oxygen atoms in total. The maximum atomic E-state index is 13.1. The van der Waals surface area contributed by atoms with Crippen molar-refractivity contribution < 1.29 is 18.1 Å². The summed E-state index contributed by atoms with van der Waals surface area (Å²) in [4.78, 5) is 25.3. The van der Waals surface area contributed by atoms with Gasteiger partial charge in [0.15, 0.2) is 5.78 Å². The first-order valence-corrected chi connectivity index (χ1v) is 12.8. The lowest BCUT2D eigenvalue weighted by Crippen LogP contribution is -2.49. The highest BCUT2D eigenvalue weighted by Gasteiger charge is 2.31. The number of hydrogen-bond acceptors (Lipinski definition) is 6. The summed E-state index contributed by atoms with van der Waals surface area (Å²) < 4.78 is 29.5. The van der Waals surface area contributed by atoms with Gasteiger partial charge in [-0.1, -0.05) is 18.9 Å². The Morgan fingerprint density at radius 1 is 1.09 bits per heavy atom. The van der Waals surface area contributed by atoms with Crippen LogP contribution in [0.2, 0.25) is 0 Å². The van der Waals surface area contributed by atoms with E-state index in [1.165, 1.54) is 35.3 Å². The number of non-ortho nitro benzene ring substituents is 1. The number of carbonyl (C=O) groups excluding carboxylic acids is 1. The summed E-state index contributed by atoms with van der Waals surface area (Å²) >= 11 is 0. The summed E-state index contributed by atoms with van der Waals surface area (Å²) in [5.41, 5.74) is 2.65. The molecule has 1 aromatic carbocycles. The van der Waals surface area contributed by atoms with Gasteiger partial charge in [-0.2, -0.15) is 4.31 Å². The number of piperazine rings is 1. The molecule has 2 heterocycles. The molecule has 178 valence electrons. The molecule has 1 saturated heterocycles. The van der Waals surface area contributed by atoms with Gasteiger partial charge in [-0.15, -0.1) is 0 Å². The molecule has 0 radical (unpaired) electrons. The Morgan fingerprint density at radius 3 is 2.39 bits per heavy atom. The summed E-state index contributed by atoms with van der Waals surface area (Å²) in [5, 5.41) is 11.0. The van der Waals surface area contributed by atoms with Crippen molar-refractivity contribution in [2.45, 2.75) is 50.5 Å². The van der Waals surface area contributed by atoms with Crippen LogP contribution in [0.15, 0.2) is 35.2 Å². The smallest absolute Gasteiger partial charge is 0.270 e. The van der Waals surface area contributed by atoms with Crippen molar-refractivity contribution >= 4 is 21.5 Å². The molecule has 2 aromatic rings. The molecule has 0 amide bonds. The zero-order valence-electron chi connectivity index (χ0n) is 19.1. The van der Waals surface area contributed by atoms with E-state index in [1.54, 1.807) is 0 Å². The predicted molar refractivity (Wildman–Crippen MR) is 124 cm³/mol. The topological polar surface area (TPSA) is 106 Å². The highest BCUT2D eigenvalue weighted by atomic mass is 32.2. The Morgan fingerprint density at radius 2 is 1.76 bits per heavy atom. The fourth-order valence-corrected chi connectivity index (χ4v) is 6.57. The van der Waals surface area contributed by atoms with Crippen molar-refractivity contribution in [3.8, 4) is 0 Å². The van der Waals surface area contributed by atoms with Crippen LogP contribution in [-0.2, 0) is 10.0 Å². The van der Waals surface area contributed by atoms with Crippen molar-refractivity contribution in [1.82, 2.24) is 13.8 Å². The number of ketones is 1. The van der Waals surface area contributed by atoms with Crippen LogP contribution in [0, 0.1) is 24.0 Å². The van der Waals surface area contributed by atoms with E-state index >= 15 is 0 Å². The number of Topliss-reactive ketones (excluding diaryl/α,β-unsaturated/α-hetero) is 1. The van der Waals surface area contributed by atoms with Crippen LogP contribution in [-0.4, -0.2) is 65.6 Å². The van der Waals surface area contributed by atoms with E-state index in [9.17, 15) is 23.3 Å². The Balaban J connectivity index is 1.40. The first kappa shape index (κ1) is 23.6. The zero-order valence-corrected chi connectivity index (χ0v) is 19.9. The Hall–Kier alpha value is -2.56. The summed E-state index contributed by atoms with van der Waals surface area (Å²) in [6.07, 6.45) is 4.78. The molecule has 4 rings (SSSR count). The normalized spacial score (nSPS) is 18.6. The molecule has 33 heavy (non-hydrogen) atoms. The van der Waals surface area contributed by atoms with Gasteiger partial charge >= 0.3 is 0 Å². The number of nitro benzene ring substituents is 1. The molecule has 1 aliphatic heterocycles. The molecule has 0 N–H and O–H groups in total. The number of aromatic nitrogens is 1. The molecule has 2 fully saturated rings. The third-order valence-corrected chi connectivity index (χ3v) is 8.73. The number of nitrogens with zero attached hydrogens (tertiary/aromatic N) is 4. The summed E-state index contributed by atoms with van der Waals surface area (Å²) in [6, 6.07) is 7.57. The largest absolute Gasteiger partial charge is 0.345 e. The Labute approximate surface area is 194 Å². The summed E-state index contributed by atoms with van der Waals surface area (Å²) in [7, 11) is -3.83. The Kier molecular flexibility index (Phi) is 6.69. The van der Waals surface area contributed by atoms with Crippen molar-refractivity contribution in [2.24, 2.45) is 0 Å². The monoisotopic (exact) mass is 474 g/mol. The van der Waals surface area contributed by atoms with Crippen LogP contribution in [0.4, 0.5) is 5.69 Å². The fourth-order valence-electron chi connectivity index (χ4n) is 5.11. The predicted octanol–water partition coefficient (Wildman–Crippen LogP) is 3.32. The quantitative estimate of drug-likeness (QED) is 0.346. The second-order valence-electron chi connectivity index (χ2n) is 8.95. The van der Waals surface area contributed by atoms with Crippen LogP contribution in [0.1, 0.15) is 53.5 Å². The van der Waals surface area contributed by atoms with Gasteiger partial charge in [-0.25, -0.2) is 8.42 Å². The van der Waals surface area contributed by atoms with Gasteiger partial charge in [0.2, 0.25) is 10.0 Å². The van der Waals surface area contributed by atoms with Gasteiger partial charge in [0, 0.05) is 61.3 Å². The molecule has 1 saturated carbocycles. The molecule has 1 aliphatic carbocycles. The van der Waals surface area contributed by atoms with E-state index in [1.807, 2.05) is 17.9 Å². The van der Waals surface area contributed by atoms with Gasteiger partial charge in [-0.05, 0) is 38.8 Å². The highest BCUT2D eigenvalue weighted by Crippen LogP contribution is 2.33. The third kappa shape index (κ3) is 4.73. The minimum atomic E-state index is -3.83. The number of sulfonamides is 1. The second kappa shape index (κ2) is 9.36. The van der Waals surface area contributed by atoms with E-state index in [4.69, 9.17) is 0 Å².